The summed E-state index contributed by atoms with van der Waals surface area (Å²) in [6, 6.07) is 16.1. The molecule has 172 valence electrons. The van der Waals surface area contributed by atoms with Gasteiger partial charge in [-0.15, -0.1) is 0 Å². The van der Waals surface area contributed by atoms with E-state index >= 15 is 0 Å². The zero-order valence-electron chi connectivity index (χ0n) is 19.1. The van der Waals surface area contributed by atoms with Crippen LogP contribution < -0.4 is 5.32 Å². The van der Waals surface area contributed by atoms with E-state index in [1.54, 1.807) is 0 Å². The Morgan fingerprint density at radius 1 is 1.00 bits per heavy atom. The number of aryl methyl sites for hydroxylation is 2. The molecule has 1 aliphatic rings. The van der Waals surface area contributed by atoms with Crippen LogP contribution in [0.25, 0.3) is 12.2 Å². The van der Waals surface area contributed by atoms with Crippen LogP contribution in [0, 0.1) is 18.6 Å². The minimum atomic E-state index is 0.0338. The minimum Gasteiger partial charge on any atom is -0.324 e. The van der Waals surface area contributed by atoms with E-state index in [0.717, 1.165) is 54.4 Å². The molecule has 0 atom stereocenters. The number of carbonyl (C=O) groups is 1. The van der Waals surface area contributed by atoms with Crippen LogP contribution in [-0.4, -0.2) is 63.2 Å². The van der Waals surface area contributed by atoms with Gasteiger partial charge in [0.05, 0.1) is 13.2 Å². The zero-order chi connectivity index (χ0) is 23.2. The lowest BCUT2D eigenvalue weighted by Crippen LogP contribution is -2.49. The average Bonchev–Trinajstić information content (AvgIpc) is 3.16. The number of benzene rings is 2. The first kappa shape index (κ1) is 23.1. The normalized spacial score (nSPS) is 15.2. The molecule has 4 rings (SSSR count). The van der Waals surface area contributed by atoms with Crippen molar-refractivity contribution in [3.63, 3.8) is 0 Å². The average molecular weight is 463 g/mol. The molecule has 0 unspecified atom stereocenters. The van der Waals surface area contributed by atoms with Gasteiger partial charge in [-0.05, 0) is 48.8 Å². The fourth-order valence-electron chi connectivity index (χ4n) is 3.97. The maximum absolute atomic E-state index is 12.6. The van der Waals surface area contributed by atoms with Crippen LogP contribution in [0.5, 0.6) is 0 Å². The summed E-state index contributed by atoms with van der Waals surface area (Å²) in [4.78, 5) is 21.5. The standard InChI is InChI=1S/C25H30N6OS/c1-19-7-6-8-20(2)24(19)27-23(32)17-29-13-15-30(16-14-29)18-31-25(33)26-22(28-31)12-11-21-9-4-3-5-10-21/h3-12H,13-18H2,1-2H3,(H,27,32)(H,26,28,33)/b12-11+. The molecule has 0 bridgehead atoms. The highest BCUT2D eigenvalue weighted by Gasteiger charge is 2.20. The second kappa shape index (κ2) is 10.7. The van der Waals surface area contributed by atoms with Gasteiger partial charge < -0.3 is 5.32 Å². The van der Waals surface area contributed by atoms with Crippen molar-refractivity contribution in [1.82, 2.24) is 24.6 Å². The number of para-hydroxylation sites is 1. The fraction of sp³-hybridized carbons (Fsp3) is 0.320. The van der Waals surface area contributed by atoms with Crippen LogP contribution >= 0.6 is 12.2 Å². The van der Waals surface area contributed by atoms with Gasteiger partial charge in [0.25, 0.3) is 0 Å². The van der Waals surface area contributed by atoms with E-state index in [1.165, 1.54) is 0 Å². The second-order valence-corrected chi connectivity index (χ2v) is 8.78. The maximum atomic E-state index is 12.6. The maximum Gasteiger partial charge on any atom is 0.238 e. The number of nitrogens with zero attached hydrogens (tertiary/aromatic N) is 4. The van der Waals surface area contributed by atoms with E-state index in [9.17, 15) is 4.79 Å². The number of nitrogens with one attached hydrogen (secondary N) is 2. The second-order valence-electron chi connectivity index (χ2n) is 8.41. The van der Waals surface area contributed by atoms with Crippen molar-refractivity contribution >= 4 is 36.0 Å². The molecule has 0 spiro atoms. The summed E-state index contributed by atoms with van der Waals surface area (Å²) in [5.74, 6) is 0.775. The largest absolute Gasteiger partial charge is 0.324 e. The van der Waals surface area contributed by atoms with Gasteiger partial charge in [-0.1, -0.05) is 54.6 Å². The number of rotatable bonds is 7. The topological polar surface area (TPSA) is 69.2 Å². The number of hydrogen-bond donors (Lipinski definition) is 2. The van der Waals surface area contributed by atoms with E-state index in [1.807, 2.05) is 79.2 Å². The lowest BCUT2D eigenvalue weighted by atomic mass is 10.1. The monoisotopic (exact) mass is 462 g/mol. The number of amides is 1. The van der Waals surface area contributed by atoms with Gasteiger partial charge in [0.2, 0.25) is 10.7 Å². The summed E-state index contributed by atoms with van der Waals surface area (Å²) in [6.07, 6.45) is 3.95. The Morgan fingerprint density at radius 2 is 1.67 bits per heavy atom. The molecule has 33 heavy (non-hydrogen) atoms. The summed E-state index contributed by atoms with van der Waals surface area (Å²) in [7, 11) is 0. The van der Waals surface area contributed by atoms with Crippen molar-refractivity contribution in [1.29, 1.82) is 0 Å². The van der Waals surface area contributed by atoms with E-state index in [-0.39, 0.29) is 5.91 Å². The summed E-state index contributed by atoms with van der Waals surface area (Å²) in [6.45, 7) is 8.51. The Bertz CT molecular complexity index is 1150. The number of aromatic amines is 1. The van der Waals surface area contributed by atoms with Crippen molar-refractivity contribution in [2.45, 2.75) is 20.5 Å². The first-order valence-corrected chi connectivity index (χ1v) is 11.6. The summed E-state index contributed by atoms with van der Waals surface area (Å²) in [5, 5.41) is 6.35. The third-order valence-electron chi connectivity index (χ3n) is 5.85. The number of aromatic nitrogens is 3. The number of piperazine rings is 1. The van der Waals surface area contributed by atoms with Gasteiger partial charge in [0.1, 0.15) is 5.82 Å². The van der Waals surface area contributed by atoms with Crippen LogP contribution in [0.2, 0.25) is 0 Å². The molecule has 2 N–H and O–H groups in total. The van der Waals surface area contributed by atoms with Crippen molar-refractivity contribution in [3.05, 3.63) is 75.8 Å². The number of hydrogen-bond acceptors (Lipinski definition) is 5. The molecular formula is C25H30N6OS. The molecule has 0 aliphatic carbocycles. The van der Waals surface area contributed by atoms with E-state index in [2.05, 4.69) is 25.2 Å². The van der Waals surface area contributed by atoms with Gasteiger partial charge in [-0.25, -0.2) is 4.68 Å². The summed E-state index contributed by atoms with van der Waals surface area (Å²) in [5.41, 5.74) is 4.21. The summed E-state index contributed by atoms with van der Waals surface area (Å²) >= 11 is 5.43. The molecular weight excluding hydrogens is 432 g/mol. The van der Waals surface area contributed by atoms with Gasteiger partial charge in [-0.2, -0.15) is 4.98 Å². The van der Waals surface area contributed by atoms with Crippen molar-refractivity contribution in [2.24, 2.45) is 0 Å². The van der Waals surface area contributed by atoms with Gasteiger partial charge >= 0.3 is 0 Å². The molecule has 2 aromatic carbocycles. The summed E-state index contributed by atoms with van der Waals surface area (Å²) < 4.78 is 2.43. The van der Waals surface area contributed by atoms with Crippen LogP contribution in [0.15, 0.2) is 48.5 Å². The first-order chi connectivity index (χ1) is 16.0. The van der Waals surface area contributed by atoms with Crippen LogP contribution in [0.1, 0.15) is 22.5 Å². The van der Waals surface area contributed by atoms with Gasteiger partial charge in [0, 0.05) is 31.9 Å². The molecule has 1 aromatic heterocycles. The van der Waals surface area contributed by atoms with E-state index in [0.29, 0.717) is 18.0 Å². The predicted molar refractivity (Wildman–Crippen MR) is 135 cm³/mol. The predicted octanol–water partition coefficient (Wildman–Crippen LogP) is 3.94. The lowest BCUT2D eigenvalue weighted by molar-refractivity contribution is -0.117. The van der Waals surface area contributed by atoms with Crippen molar-refractivity contribution in [3.8, 4) is 0 Å². The Hall–Kier alpha value is -3.07. The van der Waals surface area contributed by atoms with E-state index in [4.69, 9.17) is 12.2 Å². The number of carbonyl (C=O) groups excluding carboxylic acids is 1. The molecule has 0 radical (unpaired) electrons. The Morgan fingerprint density at radius 3 is 2.36 bits per heavy atom. The van der Waals surface area contributed by atoms with Crippen LogP contribution in [0.3, 0.4) is 0 Å². The molecule has 1 aliphatic heterocycles. The van der Waals surface area contributed by atoms with Crippen LogP contribution in [-0.2, 0) is 11.5 Å². The minimum absolute atomic E-state index is 0.0338. The zero-order valence-corrected chi connectivity index (χ0v) is 19.9. The molecule has 2 heterocycles. The Kier molecular flexibility index (Phi) is 7.49. The highest BCUT2D eigenvalue weighted by atomic mass is 32.1. The van der Waals surface area contributed by atoms with Crippen molar-refractivity contribution in [2.75, 3.05) is 38.0 Å². The fourth-order valence-corrected chi connectivity index (χ4v) is 4.17. The Balaban J connectivity index is 1.26. The quantitative estimate of drug-likeness (QED) is 0.521. The SMILES string of the molecule is Cc1cccc(C)c1NC(=O)CN1CCN(Cn2[nH]c(/C=C/c3ccccc3)nc2=S)CC1. The van der Waals surface area contributed by atoms with Crippen molar-refractivity contribution < 1.29 is 4.79 Å². The Labute approximate surface area is 199 Å². The first-order valence-electron chi connectivity index (χ1n) is 11.2. The number of anilines is 1. The molecule has 0 saturated carbocycles. The molecule has 3 aromatic rings. The third-order valence-corrected chi connectivity index (χ3v) is 6.16. The highest BCUT2D eigenvalue weighted by Crippen LogP contribution is 2.19. The highest BCUT2D eigenvalue weighted by molar-refractivity contribution is 7.71. The lowest BCUT2D eigenvalue weighted by Gasteiger charge is -2.34. The molecule has 1 amide bonds. The van der Waals surface area contributed by atoms with E-state index < -0.39 is 0 Å². The smallest absolute Gasteiger partial charge is 0.238 e. The molecule has 1 saturated heterocycles. The molecule has 1 fully saturated rings. The third kappa shape index (κ3) is 6.25. The van der Waals surface area contributed by atoms with Gasteiger partial charge in [0.15, 0.2) is 0 Å². The molecule has 7 nitrogen and oxygen atoms in total. The molecule has 8 heteroatoms. The van der Waals surface area contributed by atoms with Gasteiger partial charge in [-0.3, -0.25) is 19.7 Å². The number of H-pyrrole nitrogens is 1. The van der Waals surface area contributed by atoms with Crippen LogP contribution in [0.4, 0.5) is 5.69 Å².